The number of fused-ring (bicyclic) bond motifs is 6. The van der Waals surface area contributed by atoms with Gasteiger partial charge in [0.15, 0.2) is 0 Å². The molecule has 8 atom stereocenters. The van der Waals surface area contributed by atoms with Crippen molar-refractivity contribution in [3.8, 4) is 0 Å². The highest BCUT2D eigenvalue weighted by Gasteiger charge is 2.72. The van der Waals surface area contributed by atoms with Crippen molar-refractivity contribution >= 4 is 11.8 Å². The van der Waals surface area contributed by atoms with Crippen LogP contribution in [0.15, 0.2) is 47.3 Å². The highest BCUT2D eigenvalue weighted by Crippen LogP contribution is 2.71. The topological polar surface area (TPSA) is 100 Å². The van der Waals surface area contributed by atoms with Crippen molar-refractivity contribution in [2.45, 2.75) is 95.4 Å². The van der Waals surface area contributed by atoms with Crippen molar-refractivity contribution in [3.63, 3.8) is 0 Å². The summed E-state index contributed by atoms with van der Waals surface area (Å²) in [5.74, 6) is 0.792. The van der Waals surface area contributed by atoms with Crippen LogP contribution in [-0.2, 0) is 10.3 Å². The van der Waals surface area contributed by atoms with Gasteiger partial charge in [-0.3, -0.25) is 14.5 Å². The van der Waals surface area contributed by atoms with Gasteiger partial charge in [-0.15, -0.1) is 0 Å². The van der Waals surface area contributed by atoms with Gasteiger partial charge in [0, 0.05) is 24.1 Å². The first kappa shape index (κ1) is 27.4. The maximum Gasteiger partial charge on any atom is 0.261 e. The molecule has 2 aromatic rings. The average molecular weight is 562 g/mol. The molecular weight excluding hydrogens is 518 g/mol. The molecule has 2 heterocycles. The molecule has 4 saturated carbocycles. The van der Waals surface area contributed by atoms with Crippen LogP contribution >= 0.6 is 0 Å². The predicted molar refractivity (Wildman–Crippen MR) is 152 cm³/mol. The zero-order chi connectivity index (χ0) is 28.6. The molecule has 41 heavy (non-hydrogen) atoms. The number of carbonyl (C=O) groups is 2. The largest absolute Gasteiger partial charge is 0.472 e. The fourth-order valence-electron chi connectivity index (χ4n) is 10.2. The minimum Gasteiger partial charge on any atom is -0.472 e. The Morgan fingerprint density at radius 3 is 2.39 bits per heavy atom. The van der Waals surface area contributed by atoms with Gasteiger partial charge >= 0.3 is 0 Å². The van der Waals surface area contributed by atoms with Crippen molar-refractivity contribution in [2.75, 3.05) is 13.2 Å². The van der Waals surface area contributed by atoms with E-state index in [1.54, 1.807) is 36.8 Å². The van der Waals surface area contributed by atoms with Gasteiger partial charge in [-0.05, 0) is 106 Å². The third-order valence-electron chi connectivity index (χ3n) is 12.7. The summed E-state index contributed by atoms with van der Waals surface area (Å²) < 4.78 is 11.7. The van der Waals surface area contributed by atoms with Crippen LogP contribution in [0.25, 0.3) is 0 Å². The van der Waals surface area contributed by atoms with E-state index in [-0.39, 0.29) is 29.3 Å². The molecule has 1 aromatic carbocycles. The standard InChI is InChI=1S/C34H43NO6/c1-31-13-10-24(41-18-5-17-35-29(36)25-6-3-4-7-26(25)30(35)37)20-22(31)8-9-28-27(31)11-14-32(2)33(38,15-16-34(28,32)39)23-12-19-40-21-23/h3-4,6-7,12,19,21-22,24,27-28,38-39H,5,8-11,13-18,20H2,1-2H3/t22-,24+,27+,28-,31+,32-,33+,34+/m1/s1. The van der Waals surface area contributed by atoms with E-state index in [2.05, 4.69) is 13.8 Å². The lowest BCUT2D eigenvalue weighted by atomic mass is 9.43. The average Bonchev–Trinajstić information content (AvgIpc) is 3.65. The molecule has 7 heteroatoms. The lowest BCUT2D eigenvalue weighted by Gasteiger charge is -2.64. The van der Waals surface area contributed by atoms with E-state index in [1.807, 2.05) is 6.07 Å². The van der Waals surface area contributed by atoms with Gasteiger partial charge in [-0.2, -0.15) is 0 Å². The Morgan fingerprint density at radius 1 is 0.927 bits per heavy atom. The molecule has 7 nitrogen and oxygen atoms in total. The third-order valence-corrected chi connectivity index (χ3v) is 12.7. The van der Waals surface area contributed by atoms with Crippen LogP contribution in [0.3, 0.4) is 0 Å². The predicted octanol–water partition coefficient (Wildman–Crippen LogP) is 5.70. The van der Waals surface area contributed by atoms with E-state index < -0.39 is 16.6 Å². The first-order valence-electron chi connectivity index (χ1n) is 15.7. The van der Waals surface area contributed by atoms with E-state index in [0.29, 0.717) is 55.4 Å². The lowest BCUT2D eigenvalue weighted by molar-refractivity contribution is -0.239. The van der Waals surface area contributed by atoms with Crippen LogP contribution in [0.1, 0.15) is 104 Å². The summed E-state index contributed by atoms with van der Waals surface area (Å²) in [5, 5.41) is 24.4. The van der Waals surface area contributed by atoms with Gasteiger partial charge in [-0.1, -0.05) is 26.0 Å². The van der Waals surface area contributed by atoms with E-state index in [0.717, 1.165) is 50.5 Å². The lowest BCUT2D eigenvalue weighted by Crippen LogP contribution is -2.64. The monoisotopic (exact) mass is 561 g/mol. The fraction of sp³-hybridized carbons (Fsp3) is 0.647. The van der Waals surface area contributed by atoms with Gasteiger partial charge < -0.3 is 19.4 Å². The second kappa shape index (κ2) is 9.51. The first-order chi connectivity index (χ1) is 19.6. The molecule has 0 radical (unpaired) electrons. The van der Waals surface area contributed by atoms with Gasteiger partial charge in [0.05, 0.1) is 35.4 Å². The zero-order valence-corrected chi connectivity index (χ0v) is 24.3. The highest BCUT2D eigenvalue weighted by molar-refractivity contribution is 6.21. The van der Waals surface area contributed by atoms with Crippen LogP contribution in [0.4, 0.5) is 0 Å². The molecule has 0 saturated heterocycles. The molecule has 5 aliphatic rings. The van der Waals surface area contributed by atoms with Crippen molar-refractivity contribution in [2.24, 2.45) is 28.6 Å². The number of aliphatic hydroxyl groups is 2. The highest BCUT2D eigenvalue weighted by atomic mass is 16.5. The summed E-state index contributed by atoms with van der Waals surface area (Å²) in [6, 6.07) is 8.89. The number of nitrogens with zero attached hydrogens (tertiary/aromatic N) is 1. The molecule has 1 aromatic heterocycles. The van der Waals surface area contributed by atoms with E-state index >= 15 is 0 Å². The van der Waals surface area contributed by atoms with Crippen molar-refractivity contribution < 1.29 is 29.0 Å². The molecule has 7 rings (SSSR count). The summed E-state index contributed by atoms with van der Waals surface area (Å²) >= 11 is 0. The van der Waals surface area contributed by atoms with Crippen molar-refractivity contribution in [1.29, 1.82) is 0 Å². The quantitative estimate of drug-likeness (QED) is 0.347. The van der Waals surface area contributed by atoms with Crippen LogP contribution in [0, 0.1) is 28.6 Å². The minimum atomic E-state index is -1.06. The number of imide groups is 1. The number of amides is 2. The van der Waals surface area contributed by atoms with Gasteiger partial charge in [0.1, 0.15) is 5.60 Å². The van der Waals surface area contributed by atoms with Crippen LogP contribution in [0.5, 0.6) is 0 Å². The maximum atomic E-state index is 12.6. The third kappa shape index (κ3) is 3.74. The molecule has 2 N–H and O–H groups in total. The van der Waals surface area contributed by atoms with Crippen LogP contribution < -0.4 is 0 Å². The second-order valence-corrected chi connectivity index (χ2v) is 14.1. The fourth-order valence-corrected chi connectivity index (χ4v) is 10.2. The van der Waals surface area contributed by atoms with E-state index in [9.17, 15) is 19.8 Å². The summed E-state index contributed by atoms with van der Waals surface area (Å²) in [6.07, 6.45) is 12.3. The molecule has 0 unspecified atom stereocenters. The van der Waals surface area contributed by atoms with Gasteiger partial charge in [0.25, 0.3) is 11.8 Å². The van der Waals surface area contributed by atoms with Crippen LogP contribution in [-0.4, -0.2) is 51.8 Å². The Morgan fingerprint density at radius 2 is 1.68 bits per heavy atom. The number of hydrogen-bond acceptors (Lipinski definition) is 6. The number of rotatable bonds is 6. The Kier molecular flexibility index (Phi) is 6.35. The number of hydrogen-bond donors (Lipinski definition) is 2. The van der Waals surface area contributed by atoms with Crippen LogP contribution in [0.2, 0.25) is 0 Å². The Labute approximate surface area is 242 Å². The van der Waals surface area contributed by atoms with Crippen molar-refractivity contribution in [1.82, 2.24) is 4.90 Å². The number of carbonyl (C=O) groups excluding carboxylic acids is 2. The molecule has 2 amide bonds. The number of benzene rings is 1. The maximum absolute atomic E-state index is 12.6. The number of furan rings is 1. The molecular formula is C34H43NO6. The summed E-state index contributed by atoms with van der Waals surface area (Å²) in [4.78, 5) is 26.6. The zero-order valence-electron chi connectivity index (χ0n) is 24.3. The summed E-state index contributed by atoms with van der Waals surface area (Å²) in [7, 11) is 0. The second-order valence-electron chi connectivity index (χ2n) is 14.1. The molecule has 1 aliphatic heterocycles. The van der Waals surface area contributed by atoms with E-state index in [4.69, 9.17) is 9.15 Å². The normalized spacial score (nSPS) is 41.6. The first-order valence-corrected chi connectivity index (χ1v) is 15.7. The molecule has 4 fully saturated rings. The smallest absolute Gasteiger partial charge is 0.261 e. The molecule has 0 bridgehead atoms. The molecule has 4 aliphatic carbocycles. The summed E-state index contributed by atoms with van der Waals surface area (Å²) in [6.45, 7) is 5.49. The van der Waals surface area contributed by atoms with Crippen molar-refractivity contribution in [3.05, 3.63) is 59.5 Å². The summed E-state index contributed by atoms with van der Waals surface area (Å²) in [5.41, 5.74) is -0.572. The Bertz CT molecular complexity index is 1310. The molecule has 0 spiro atoms. The van der Waals surface area contributed by atoms with E-state index in [1.165, 1.54) is 4.90 Å². The van der Waals surface area contributed by atoms with Gasteiger partial charge in [-0.25, -0.2) is 0 Å². The molecule has 220 valence electrons. The minimum absolute atomic E-state index is 0.163. The number of ether oxygens (including phenoxy) is 1. The SMILES string of the molecule is C[C@]12CC[C@H](OCCCN3C(=O)c4ccccc4C3=O)C[C@H]1CC[C@@H]1[C@@H]2CC[C@]2(C)[C@@](O)(c3ccoc3)CC[C@]12O. The Hall–Kier alpha value is -2.48. The van der Waals surface area contributed by atoms with Gasteiger partial charge in [0.2, 0.25) is 0 Å². The Balaban J connectivity index is 0.973.